The summed E-state index contributed by atoms with van der Waals surface area (Å²) in [6.45, 7) is 8.04. The third-order valence-corrected chi connectivity index (χ3v) is 3.49. The van der Waals surface area contributed by atoms with E-state index in [1.54, 1.807) is 13.8 Å². The van der Waals surface area contributed by atoms with Crippen LogP contribution in [0, 0.1) is 30.9 Å². The third-order valence-electron chi connectivity index (χ3n) is 3.49. The number of rotatable bonds is 2. The van der Waals surface area contributed by atoms with Crippen molar-refractivity contribution >= 4 is 5.69 Å². The first kappa shape index (κ1) is 12.9. The first-order valence-electron chi connectivity index (χ1n) is 6.08. The van der Waals surface area contributed by atoms with Gasteiger partial charge in [-0.25, -0.2) is 4.98 Å². The van der Waals surface area contributed by atoms with E-state index in [9.17, 15) is 10.1 Å². The lowest BCUT2D eigenvalue weighted by Crippen LogP contribution is -2.43. The SMILES string of the molecule is Cc1nc(C2CNCCN2)c(C)c(C)c1[N+](=O)[O-]. The van der Waals surface area contributed by atoms with E-state index in [1.807, 2.05) is 6.92 Å². The van der Waals surface area contributed by atoms with Crippen LogP contribution in [0.15, 0.2) is 0 Å². The van der Waals surface area contributed by atoms with Gasteiger partial charge in [0, 0.05) is 25.2 Å². The van der Waals surface area contributed by atoms with Crippen molar-refractivity contribution < 1.29 is 4.92 Å². The molecule has 6 nitrogen and oxygen atoms in total. The topological polar surface area (TPSA) is 80.1 Å². The molecule has 0 saturated carbocycles. The van der Waals surface area contributed by atoms with Gasteiger partial charge in [-0.1, -0.05) is 0 Å². The summed E-state index contributed by atoms with van der Waals surface area (Å²) in [6, 6.07) is 0.136. The molecule has 2 heterocycles. The van der Waals surface area contributed by atoms with Crippen molar-refractivity contribution in [3.05, 3.63) is 32.6 Å². The largest absolute Gasteiger partial charge is 0.314 e. The summed E-state index contributed by atoms with van der Waals surface area (Å²) in [7, 11) is 0. The molecule has 1 saturated heterocycles. The molecule has 1 unspecified atom stereocenters. The highest BCUT2D eigenvalue weighted by Gasteiger charge is 2.25. The smallest absolute Gasteiger partial charge is 0.293 e. The predicted octanol–water partition coefficient (Wildman–Crippen LogP) is 1.15. The van der Waals surface area contributed by atoms with Gasteiger partial charge in [0.2, 0.25) is 0 Å². The van der Waals surface area contributed by atoms with E-state index in [0.717, 1.165) is 36.5 Å². The van der Waals surface area contributed by atoms with Crippen molar-refractivity contribution in [2.75, 3.05) is 19.6 Å². The molecule has 1 aromatic rings. The first-order chi connectivity index (χ1) is 8.52. The number of piperazine rings is 1. The monoisotopic (exact) mass is 250 g/mol. The number of nitro groups is 1. The lowest BCUT2D eigenvalue weighted by atomic mass is 10.00. The summed E-state index contributed by atoms with van der Waals surface area (Å²) in [5.41, 5.74) is 3.18. The molecule has 98 valence electrons. The van der Waals surface area contributed by atoms with Crippen LogP contribution in [0.25, 0.3) is 0 Å². The molecule has 1 aliphatic heterocycles. The lowest BCUT2D eigenvalue weighted by molar-refractivity contribution is -0.386. The van der Waals surface area contributed by atoms with Gasteiger partial charge in [-0.15, -0.1) is 0 Å². The van der Waals surface area contributed by atoms with E-state index in [4.69, 9.17) is 0 Å². The van der Waals surface area contributed by atoms with E-state index >= 15 is 0 Å². The van der Waals surface area contributed by atoms with Crippen LogP contribution in [-0.2, 0) is 0 Å². The van der Waals surface area contributed by atoms with Crippen molar-refractivity contribution in [2.45, 2.75) is 26.8 Å². The Bertz CT molecular complexity index is 481. The van der Waals surface area contributed by atoms with Gasteiger partial charge in [0.1, 0.15) is 5.69 Å². The van der Waals surface area contributed by atoms with Gasteiger partial charge >= 0.3 is 0 Å². The lowest BCUT2D eigenvalue weighted by Gasteiger charge is -2.26. The molecular formula is C12H18N4O2. The van der Waals surface area contributed by atoms with Crippen molar-refractivity contribution in [1.29, 1.82) is 0 Å². The fraction of sp³-hybridized carbons (Fsp3) is 0.583. The average molecular weight is 250 g/mol. The zero-order valence-corrected chi connectivity index (χ0v) is 10.9. The Hall–Kier alpha value is -1.53. The summed E-state index contributed by atoms with van der Waals surface area (Å²) in [5.74, 6) is 0. The van der Waals surface area contributed by atoms with Crippen molar-refractivity contribution in [1.82, 2.24) is 15.6 Å². The van der Waals surface area contributed by atoms with Gasteiger partial charge in [-0.3, -0.25) is 10.1 Å². The predicted molar refractivity (Wildman–Crippen MR) is 68.7 cm³/mol. The number of aromatic nitrogens is 1. The Morgan fingerprint density at radius 3 is 2.56 bits per heavy atom. The minimum absolute atomic E-state index is 0.136. The number of hydrogen-bond donors (Lipinski definition) is 2. The second kappa shape index (κ2) is 4.99. The summed E-state index contributed by atoms with van der Waals surface area (Å²) >= 11 is 0. The third kappa shape index (κ3) is 2.21. The van der Waals surface area contributed by atoms with E-state index < -0.39 is 0 Å². The van der Waals surface area contributed by atoms with Crippen LogP contribution in [0.4, 0.5) is 5.69 Å². The Morgan fingerprint density at radius 1 is 1.28 bits per heavy atom. The minimum atomic E-state index is -0.346. The van der Waals surface area contributed by atoms with Crippen LogP contribution in [-0.4, -0.2) is 29.5 Å². The normalized spacial score (nSPS) is 19.8. The first-order valence-corrected chi connectivity index (χ1v) is 6.08. The molecule has 18 heavy (non-hydrogen) atoms. The van der Waals surface area contributed by atoms with Crippen LogP contribution >= 0.6 is 0 Å². The molecule has 6 heteroatoms. The second-order valence-electron chi connectivity index (χ2n) is 4.65. The molecule has 0 radical (unpaired) electrons. The van der Waals surface area contributed by atoms with Crippen LogP contribution < -0.4 is 10.6 Å². The Labute approximate surface area is 106 Å². The standard InChI is InChI=1S/C12H18N4O2/c1-7-8(2)12(16(17)18)9(3)15-11(7)10-6-13-4-5-14-10/h10,13-14H,4-6H2,1-3H3. The molecule has 1 aliphatic rings. The molecular weight excluding hydrogens is 232 g/mol. The summed E-state index contributed by atoms with van der Waals surface area (Å²) in [6.07, 6.45) is 0. The molecule has 0 bridgehead atoms. The highest BCUT2D eigenvalue weighted by atomic mass is 16.6. The fourth-order valence-electron chi connectivity index (χ4n) is 2.41. The van der Waals surface area contributed by atoms with E-state index in [2.05, 4.69) is 15.6 Å². The van der Waals surface area contributed by atoms with Crippen LogP contribution in [0.2, 0.25) is 0 Å². The number of nitrogens with zero attached hydrogens (tertiary/aromatic N) is 2. The van der Waals surface area contributed by atoms with Gasteiger partial charge in [0.05, 0.1) is 16.7 Å². The van der Waals surface area contributed by atoms with Gasteiger partial charge < -0.3 is 10.6 Å². The van der Waals surface area contributed by atoms with Gasteiger partial charge in [0.25, 0.3) is 5.69 Å². The molecule has 0 spiro atoms. The molecule has 1 aromatic heterocycles. The molecule has 0 aromatic carbocycles. The zero-order valence-electron chi connectivity index (χ0n) is 10.9. The molecule has 0 amide bonds. The molecule has 0 aliphatic carbocycles. The average Bonchev–Trinajstić information content (AvgIpc) is 2.34. The minimum Gasteiger partial charge on any atom is -0.314 e. The number of pyridine rings is 1. The van der Waals surface area contributed by atoms with Crippen molar-refractivity contribution in [2.24, 2.45) is 0 Å². The van der Waals surface area contributed by atoms with E-state index in [0.29, 0.717) is 5.69 Å². The Kier molecular flexibility index (Phi) is 3.58. The molecule has 2 N–H and O–H groups in total. The van der Waals surface area contributed by atoms with Crippen LogP contribution in [0.3, 0.4) is 0 Å². The van der Waals surface area contributed by atoms with Crippen molar-refractivity contribution in [3.63, 3.8) is 0 Å². The highest BCUT2D eigenvalue weighted by molar-refractivity contribution is 5.49. The number of aryl methyl sites for hydroxylation is 1. The Morgan fingerprint density at radius 2 is 2.00 bits per heavy atom. The maximum Gasteiger partial charge on any atom is 0.293 e. The van der Waals surface area contributed by atoms with Crippen molar-refractivity contribution in [3.8, 4) is 0 Å². The van der Waals surface area contributed by atoms with E-state index in [1.165, 1.54) is 0 Å². The summed E-state index contributed by atoms with van der Waals surface area (Å²) in [5, 5.41) is 17.7. The second-order valence-corrected chi connectivity index (χ2v) is 4.65. The summed E-state index contributed by atoms with van der Waals surface area (Å²) < 4.78 is 0. The van der Waals surface area contributed by atoms with Crippen LogP contribution in [0.5, 0.6) is 0 Å². The maximum atomic E-state index is 11.0. The van der Waals surface area contributed by atoms with Crippen LogP contribution in [0.1, 0.15) is 28.6 Å². The van der Waals surface area contributed by atoms with Gasteiger partial charge in [0.15, 0.2) is 0 Å². The quantitative estimate of drug-likeness (QED) is 0.608. The number of hydrogen-bond acceptors (Lipinski definition) is 5. The fourth-order valence-corrected chi connectivity index (χ4v) is 2.41. The zero-order chi connectivity index (χ0) is 13.3. The molecule has 2 rings (SSSR count). The molecule has 1 fully saturated rings. The summed E-state index contributed by atoms with van der Waals surface area (Å²) in [4.78, 5) is 15.1. The Balaban J connectivity index is 2.46. The van der Waals surface area contributed by atoms with Gasteiger partial charge in [-0.05, 0) is 26.3 Å². The van der Waals surface area contributed by atoms with Gasteiger partial charge in [-0.2, -0.15) is 0 Å². The number of nitrogens with one attached hydrogen (secondary N) is 2. The molecule has 1 atom stereocenters. The highest BCUT2D eigenvalue weighted by Crippen LogP contribution is 2.28. The maximum absolute atomic E-state index is 11.0. The van der Waals surface area contributed by atoms with E-state index in [-0.39, 0.29) is 16.7 Å².